The Morgan fingerprint density at radius 2 is 2.39 bits per heavy atom. The van der Waals surface area contributed by atoms with Gasteiger partial charge in [0.15, 0.2) is 0 Å². The second-order valence-corrected chi connectivity index (χ2v) is 5.30. The summed E-state index contributed by atoms with van der Waals surface area (Å²) in [4.78, 5) is 10.6. The molecule has 0 bridgehead atoms. The van der Waals surface area contributed by atoms with Crippen molar-refractivity contribution in [2.75, 3.05) is 32.6 Å². The Balaban J connectivity index is 1.86. The standard InChI is InChI=1S/C12H19BrN4O/c1-14-11-10(13)12(16-8-15-11)18-7-5-9-4-3-6-17(9)2/h8-9H,3-7H2,1-2H3,(H,14,15,16). The first-order valence-electron chi connectivity index (χ1n) is 6.23. The Kier molecular flexibility index (Phi) is 4.77. The van der Waals surface area contributed by atoms with Gasteiger partial charge in [-0.05, 0) is 48.8 Å². The van der Waals surface area contributed by atoms with Crippen LogP contribution in [0.1, 0.15) is 19.3 Å². The van der Waals surface area contributed by atoms with Gasteiger partial charge in [0.1, 0.15) is 16.6 Å². The highest BCUT2D eigenvalue weighted by Crippen LogP contribution is 2.28. The maximum Gasteiger partial charge on any atom is 0.233 e. The first-order chi connectivity index (χ1) is 8.72. The van der Waals surface area contributed by atoms with Gasteiger partial charge in [0, 0.05) is 13.1 Å². The predicted octanol–water partition coefficient (Wildman–Crippen LogP) is 2.14. The van der Waals surface area contributed by atoms with Gasteiger partial charge in [-0.1, -0.05) is 0 Å². The highest BCUT2D eigenvalue weighted by atomic mass is 79.9. The van der Waals surface area contributed by atoms with Gasteiger partial charge in [0.05, 0.1) is 6.61 Å². The Labute approximate surface area is 116 Å². The van der Waals surface area contributed by atoms with Crippen LogP contribution in [0.25, 0.3) is 0 Å². The summed E-state index contributed by atoms with van der Waals surface area (Å²) in [7, 11) is 4.00. The number of hydrogen-bond donors (Lipinski definition) is 1. The molecule has 1 aliphatic rings. The molecule has 1 aromatic heterocycles. The zero-order chi connectivity index (χ0) is 13.0. The predicted molar refractivity (Wildman–Crippen MR) is 75.0 cm³/mol. The van der Waals surface area contributed by atoms with E-state index in [1.807, 2.05) is 7.05 Å². The number of hydrogen-bond acceptors (Lipinski definition) is 5. The zero-order valence-corrected chi connectivity index (χ0v) is 12.4. The van der Waals surface area contributed by atoms with E-state index in [-0.39, 0.29) is 0 Å². The van der Waals surface area contributed by atoms with Gasteiger partial charge >= 0.3 is 0 Å². The van der Waals surface area contributed by atoms with Crippen LogP contribution in [0.4, 0.5) is 5.82 Å². The molecule has 5 nitrogen and oxygen atoms in total. The molecule has 100 valence electrons. The van der Waals surface area contributed by atoms with E-state index in [1.165, 1.54) is 25.7 Å². The van der Waals surface area contributed by atoms with Crippen LogP contribution in [0.2, 0.25) is 0 Å². The largest absolute Gasteiger partial charge is 0.477 e. The Morgan fingerprint density at radius 3 is 3.06 bits per heavy atom. The third-order valence-corrected chi connectivity index (χ3v) is 4.07. The minimum Gasteiger partial charge on any atom is -0.477 e. The molecule has 1 atom stereocenters. The number of ether oxygens (including phenoxy) is 1. The normalized spacial score (nSPS) is 20.1. The van der Waals surface area contributed by atoms with Crippen molar-refractivity contribution in [3.63, 3.8) is 0 Å². The van der Waals surface area contributed by atoms with E-state index in [0.717, 1.165) is 16.7 Å². The van der Waals surface area contributed by atoms with E-state index in [2.05, 4.69) is 43.2 Å². The fourth-order valence-electron chi connectivity index (χ4n) is 2.26. The number of nitrogens with zero attached hydrogens (tertiary/aromatic N) is 3. The maximum absolute atomic E-state index is 5.72. The summed E-state index contributed by atoms with van der Waals surface area (Å²) in [6.07, 6.45) is 5.12. The summed E-state index contributed by atoms with van der Waals surface area (Å²) in [5.74, 6) is 1.35. The smallest absolute Gasteiger partial charge is 0.233 e. The summed E-state index contributed by atoms with van der Waals surface area (Å²) in [5, 5.41) is 2.99. The quantitative estimate of drug-likeness (QED) is 0.902. The van der Waals surface area contributed by atoms with Crippen molar-refractivity contribution in [2.24, 2.45) is 0 Å². The van der Waals surface area contributed by atoms with Crippen molar-refractivity contribution >= 4 is 21.7 Å². The SMILES string of the molecule is CNc1ncnc(OCCC2CCCN2C)c1Br. The van der Waals surface area contributed by atoms with Crippen molar-refractivity contribution in [2.45, 2.75) is 25.3 Å². The molecule has 2 rings (SSSR count). The first-order valence-corrected chi connectivity index (χ1v) is 7.03. The monoisotopic (exact) mass is 314 g/mol. The van der Waals surface area contributed by atoms with Gasteiger partial charge in [0.25, 0.3) is 0 Å². The lowest BCUT2D eigenvalue weighted by atomic mass is 10.1. The van der Waals surface area contributed by atoms with Crippen molar-refractivity contribution in [1.29, 1.82) is 0 Å². The molecule has 1 aromatic rings. The lowest BCUT2D eigenvalue weighted by Crippen LogP contribution is -2.26. The lowest BCUT2D eigenvalue weighted by molar-refractivity contribution is 0.227. The molecule has 1 unspecified atom stereocenters. The third-order valence-electron chi connectivity index (χ3n) is 3.36. The van der Waals surface area contributed by atoms with Gasteiger partial charge in [-0.25, -0.2) is 9.97 Å². The van der Waals surface area contributed by atoms with Crippen LogP contribution in [0.5, 0.6) is 5.88 Å². The van der Waals surface area contributed by atoms with Crippen LogP contribution in [-0.4, -0.2) is 48.2 Å². The molecule has 2 heterocycles. The molecule has 1 N–H and O–H groups in total. The second-order valence-electron chi connectivity index (χ2n) is 4.51. The fourth-order valence-corrected chi connectivity index (χ4v) is 2.78. The highest BCUT2D eigenvalue weighted by molar-refractivity contribution is 9.10. The average molecular weight is 315 g/mol. The molecule has 0 aliphatic carbocycles. The summed E-state index contributed by atoms with van der Waals surface area (Å²) >= 11 is 3.44. The lowest BCUT2D eigenvalue weighted by Gasteiger charge is -2.19. The van der Waals surface area contributed by atoms with E-state index < -0.39 is 0 Å². The maximum atomic E-state index is 5.72. The number of likely N-dealkylation sites (tertiary alicyclic amines) is 1. The number of halogens is 1. The molecule has 1 saturated heterocycles. The zero-order valence-electron chi connectivity index (χ0n) is 10.8. The fraction of sp³-hybridized carbons (Fsp3) is 0.667. The Bertz CT molecular complexity index is 402. The third kappa shape index (κ3) is 3.11. The van der Waals surface area contributed by atoms with Crippen LogP contribution in [0, 0.1) is 0 Å². The molecule has 0 spiro atoms. The van der Waals surface area contributed by atoms with Crippen LogP contribution < -0.4 is 10.1 Å². The molecule has 1 fully saturated rings. The number of anilines is 1. The molecule has 0 radical (unpaired) electrons. The first kappa shape index (κ1) is 13.5. The Hall–Kier alpha value is -0.880. The van der Waals surface area contributed by atoms with Crippen LogP contribution in [0.3, 0.4) is 0 Å². The minimum atomic E-state index is 0.606. The van der Waals surface area contributed by atoms with Gasteiger partial charge in [-0.3, -0.25) is 0 Å². The minimum absolute atomic E-state index is 0.606. The van der Waals surface area contributed by atoms with Gasteiger partial charge < -0.3 is 15.0 Å². The summed E-state index contributed by atoms with van der Waals surface area (Å²) in [6.45, 7) is 1.89. The molecule has 1 aliphatic heterocycles. The molecule has 0 amide bonds. The summed E-state index contributed by atoms with van der Waals surface area (Å²) < 4.78 is 6.51. The topological polar surface area (TPSA) is 50.3 Å². The van der Waals surface area contributed by atoms with Crippen molar-refractivity contribution in [3.05, 3.63) is 10.8 Å². The number of rotatable bonds is 5. The number of aromatic nitrogens is 2. The molecular formula is C12H19BrN4O. The van der Waals surface area contributed by atoms with E-state index in [1.54, 1.807) is 0 Å². The summed E-state index contributed by atoms with van der Waals surface area (Å²) in [6, 6.07) is 0.648. The number of nitrogens with one attached hydrogen (secondary N) is 1. The Morgan fingerprint density at radius 1 is 1.56 bits per heavy atom. The van der Waals surface area contributed by atoms with Crippen molar-refractivity contribution in [1.82, 2.24) is 14.9 Å². The van der Waals surface area contributed by atoms with E-state index in [4.69, 9.17) is 4.74 Å². The van der Waals surface area contributed by atoms with Crippen molar-refractivity contribution < 1.29 is 4.74 Å². The van der Waals surface area contributed by atoms with Gasteiger partial charge in [-0.2, -0.15) is 0 Å². The van der Waals surface area contributed by atoms with Gasteiger partial charge in [-0.15, -0.1) is 0 Å². The van der Waals surface area contributed by atoms with Crippen molar-refractivity contribution in [3.8, 4) is 5.88 Å². The molecular weight excluding hydrogens is 296 g/mol. The summed E-state index contributed by atoms with van der Waals surface area (Å²) in [5.41, 5.74) is 0. The van der Waals surface area contributed by atoms with Crippen LogP contribution >= 0.6 is 15.9 Å². The van der Waals surface area contributed by atoms with E-state index >= 15 is 0 Å². The molecule has 0 saturated carbocycles. The van der Waals surface area contributed by atoms with Gasteiger partial charge in [0.2, 0.25) is 5.88 Å². The average Bonchev–Trinajstić information content (AvgIpc) is 2.77. The van der Waals surface area contributed by atoms with Crippen LogP contribution in [0.15, 0.2) is 10.8 Å². The molecule has 0 aromatic carbocycles. The molecule has 6 heteroatoms. The van der Waals surface area contributed by atoms with E-state index in [0.29, 0.717) is 18.5 Å². The van der Waals surface area contributed by atoms with Crippen LogP contribution in [-0.2, 0) is 0 Å². The highest BCUT2D eigenvalue weighted by Gasteiger charge is 2.20. The molecule has 18 heavy (non-hydrogen) atoms. The van der Waals surface area contributed by atoms with E-state index in [9.17, 15) is 0 Å². The second kappa shape index (κ2) is 6.33.